The van der Waals surface area contributed by atoms with E-state index >= 15 is 0 Å². The predicted octanol–water partition coefficient (Wildman–Crippen LogP) is 2.95. The van der Waals surface area contributed by atoms with Crippen molar-refractivity contribution in [1.82, 2.24) is 0 Å². The number of rotatable bonds is 5. The van der Waals surface area contributed by atoms with Gasteiger partial charge in [0.2, 0.25) is 0 Å². The summed E-state index contributed by atoms with van der Waals surface area (Å²) in [4.78, 5) is 0. The summed E-state index contributed by atoms with van der Waals surface area (Å²) in [6, 6.07) is 19.0. The number of hydrogen-bond donors (Lipinski definition) is 2. The minimum atomic E-state index is 0.643. The average Bonchev–Trinajstić information content (AvgIpc) is 2.52. The van der Waals surface area contributed by atoms with E-state index in [-0.39, 0.29) is 0 Å². The molecule has 2 N–H and O–H groups in total. The fraction of sp³-hybridized carbons (Fsp3) is 0.125. The first kappa shape index (κ1) is 13.5. The maximum atomic E-state index is 8.82. The Bertz CT molecular complexity index is 605. The number of nitriles is 2. The van der Waals surface area contributed by atoms with Gasteiger partial charge in [-0.15, -0.1) is 0 Å². The van der Waals surface area contributed by atoms with Crippen molar-refractivity contribution in [1.29, 1.82) is 10.5 Å². The Labute approximate surface area is 118 Å². The highest BCUT2D eigenvalue weighted by atomic mass is 14.9. The van der Waals surface area contributed by atoms with Crippen molar-refractivity contribution in [3.05, 3.63) is 59.7 Å². The first-order chi connectivity index (χ1) is 9.81. The van der Waals surface area contributed by atoms with Crippen molar-refractivity contribution in [2.75, 3.05) is 23.7 Å². The molecule has 4 heteroatoms. The van der Waals surface area contributed by atoms with Crippen LogP contribution in [0.25, 0.3) is 0 Å². The van der Waals surface area contributed by atoms with Gasteiger partial charge in [-0.05, 0) is 36.4 Å². The van der Waals surface area contributed by atoms with Crippen LogP contribution in [0.4, 0.5) is 11.4 Å². The Hall–Kier alpha value is -2.98. The normalized spacial score (nSPS) is 9.30. The van der Waals surface area contributed by atoms with Crippen molar-refractivity contribution >= 4 is 11.4 Å². The van der Waals surface area contributed by atoms with E-state index in [1.54, 1.807) is 12.1 Å². The van der Waals surface area contributed by atoms with Crippen LogP contribution >= 0.6 is 0 Å². The van der Waals surface area contributed by atoms with Crippen molar-refractivity contribution in [2.45, 2.75) is 0 Å². The Kier molecular flexibility index (Phi) is 4.59. The summed E-state index contributed by atoms with van der Waals surface area (Å²) in [5.41, 5.74) is 3.14. The van der Waals surface area contributed by atoms with Crippen molar-refractivity contribution < 1.29 is 0 Å². The zero-order chi connectivity index (χ0) is 14.2. The topological polar surface area (TPSA) is 71.6 Å². The van der Waals surface area contributed by atoms with Gasteiger partial charge in [0.25, 0.3) is 0 Å². The van der Waals surface area contributed by atoms with Crippen LogP contribution in [0.15, 0.2) is 48.5 Å². The minimum Gasteiger partial charge on any atom is -0.383 e. The molecule has 20 heavy (non-hydrogen) atoms. The lowest BCUT2D eigenvalue weighted by Crippen LogP contribution is -2.13. The SMILES string of the molecule is N#Cc1cccc(NCCNc2cccc(C#N)c2)c1. The molecule has 0 bridgehead atoms. The third-order valence-electron chi connectivity index (χ3n) is 2.77. The van der Waals surface area contributed by atoms with Gasteiger partial charge in [-0.3, -0.25) is 0 Å². The number of nitrogens with one attached hydrogen (secondary N) is 2. The maximum Gasteiger partial charge on any atom is 0.0992 e. The summed E-state index contributed by atoms with van der Waals surface area (Å²) in [7, 11) is 0. The molecule has 0 spiro atoms. The number of nitrogens with zero attached hydrogens (tertiary/aromatic N) is 2. The highest BCUT2D eigenvalue weighted by Gasteiger charge is 1.96. The summed E-state index contributed by atoms with van der Waals surface area (Å²) in [5, 5.41) is 24.1. The van der Waals surface area contributed by atoms with Gasteiger partial charge < -0.3 is 10.6 Å². The number of benzene rings is 2. The smallest absolute Gasteiger partial charge is 0.0992 e. The second kappa shape index (κ2) is 6.82. The van der Waals surface area contributed by atoms with E-state index < -0.39 is 0 Å². The van der Waals surface area contributed by atoms with E-state index in [0.717, 1.165) is 24.5 Å². The summed E-state index contributed by atoms with van der Waals surface area (Å²) in [6.45, 7) is 1.46. The fourth-order valence-electron chi connectivity index (χ4n) is 1.81. The lowest BCUT2D eigenvalue weighted by atomic mass is 10.2. The van der Waals surface area contributed by atoms with E-state index in [4.69, 9.17) is 10.5 Å². The highest BCUT2D eigenvalue weighted by molar-refractivity contribution is 5.51. The zero-order valence-electron chi connectivity index (χ0n) is 10.9. The fourth-order valence-corrected chi connectivity index (χ4v) is 1.81. The van der Waals surface area contributed by atoms with Gasteiger partial charge in [-0.1, -0.05) is 12.1 Å². The first-order valence-corrected chi connectivity index (χ1v) is 6.30. The number of hydrogen-bond acceptors (Lipinski definition) is 4. The van der Waals surface area contributed by atoms with Gasteiger partial charge in [-0.2, -0.15) is 10.5 Å². The average molecular weight is 262 g/mol. The summed E-state index contributed by atoms with van der Waals surface area (Å²) in [6.07, 6.45) is 0. The van der Waals surface area contributed by atoms with E-state index in [1.807, 2.05) is 36.4 Å². The molecule has 0 aliphatic carbocycles. The molecule has 0 atom stereocenters. The Morgan fingerprint density at radius 2 is 1.20 bits per heavy atom. The van der Waals surface area contributed by atoms with Crippen molar-refractivity contribution in [2.24, 2.45) is 0 Å². The van der Waals surface area contributed by atoms with Gasteiger partial charge in [0.15, 0.2) is 0 Å². The molecule has 0 aromatic heterocycles. The predicted molar refractivity (Wildman–Crippen MR) is 79.3 cm³/mol. The molecule has 98 valence electrons. The molecule has 0 fully saturated rings. The summed E-state index contributed by atoms with van der Waals surface area (Å²) >= 11 is 0. The molecular formula is C16H14N4. The molecule has 2 aromatic rings. The molecular weight excluding hydrogens is 248 g/mol. The lowest BCUT2D eigenvalue weighted by molar-refractivity contribution is 1.08. The van der Waals surface area contributed by atoms with Crippen molar-refractivity contribution in [3.63, 3.8) is 0 Å². The summed E-state index contributed by atoms with van der Waals surface area (Å²) < 4.78 is 0. The lowest BCUT2D eigenvalue weighted by Gasteiger charge is -2.09. The largest absolute Gasteiger partial charge is 0.383 e. The molecule has 0 aliphatic heterocycles. The van der Waals surface area contributed by atoms with Crippen LogP contribution in [0.1, 0.15) is 11.1 Å². The number of anilines is 2. The van der Waals surface area contributed by atoms with Crippen LogP contribution in [0, 0.1) is 22.7 Å². The molecule has 2 aromatic carbocycles. The van der Waals surface area contributed by atoms with Crippen LogP contribution in [0.5, 0.6) is 0 Å². The molecule has 0 heterocycles. The third kappa shape index (κ3) is 3.76. The van der Waals surface area contributed by atoms with Crippen molar-refractivity contribution in [3.8, 4) is 12.1 Å². The second-order valence-corrected chi connectivity index (χ2v) is 4.24. The molecule has 0 unspecified atom stereocenters. The molecule has 2 rings (SSSR count). The van der Waals surface area contributed by atoms with Crippen LogP contribution in [0.2, 0.25) is 0 Å². The molecule has 0 radical (unpaired) electrons. The van der Waals surface area contributed by atoms with Gasteiger partial charge in [-0.25, -0.2) is 0 Å². The Morgan fingerprint density at radius 3 is 1.60 bits per heavy atom. The van der Waals surface area contributed by atoms with Gasteiger partial charge >= 0.3 is 0 Å². The molecule has 4 nitrogen and oxygen atoms in total. The highest BCUT2D eigenvalue weighted by Crippen LogP contribution is 2.10. The standard InChI is InChI=1S/C16H14N4/c17-11-13-3-1-5-15(9-13)19-7-8-20-16-6-2-4-14(10-16)12-18/h1-6,9-10,19-20H,7-8H2. The second-order valence-electron chi connectivity index (χ2n) is 4.24. The van der Waals surface area contributed by atoms with E-state index in [1.165, 1.54) is 0 Å². The monoisotopic (exact) mass is 262 g/mol. The molecule has 0 aliphatic rings. The van der Waals surface area contributed by atoms with E-state index in [9.17, 15) is 0 Å². The van der Waals surface area contributed by atoms with Crippen LogP contribution in [0.3, 0.4) is 0 Å². The van der Waals surface area contributed by atoms with Gasteiger partial charge in [0.1, 0.15) is 0 Å². The molecule has 0 amide bonds. The third-order valence-corrected chi connectivity index (χ3v) is 2.77. The van der Waals surface area contributed by atoms with E-state index in [0.29, 0.717) is 11.1 Å². The van der Waals surface area contributed by atoms with Crippen LogP contribution in [-0.4, -0.2) is 13.1 Å². The van der Waals surface area contributed by atoms with Gasteiger partial charge in [0, 0.05) is 24.5 Å². The quantitative estimate of drug-likeness (QED) is 0.813. The Morgan fingerprint density at radius 1 is 0.750 bits per heavy atom. The van der Waals surface area contributed by atoms with Gasteiger partial charge in [0.05, 0.1) is 23.3 Å². The minimum absolute atomic E-state index is 0.643. The zero-order valence-corrected chi connectivity index (χ0v) is 10.9. The summed E-state index contributed by atoms with van der Waals surface area (Å²) in [5.74, 6) is 0. The molecule has 0 saturated heterocycles. The van der Waals surface area contributed by atoms with Crippen LogP contribution in [-0.2, 0) is 0 Å². The maximum absolute atomic E-state index is 8.82. The van der Waals surface area contributed by atoms with E-state index in [2.05, 4.69) is 22.8 Å². The molecule has 0 saturated carbocycles. The van der Waals surface area contributed by atoms with Crippen LogP contribution < -0.4 is 10.6 Å². The Balaban J connectivity index is 1.81. The first-order valence-electron chi connectivity index (χ1n) is 6.30.